The van der Waals surface area contributed by atoms with E-state index in [1.54, 1.807) is 11.8 Å². The topological polar surface area (TPSA) is 27.6 Å². The van der Waals surface area contributed by atoms with Crippen molar-refractivity contribution in [3.63, 3.8) is 0 Å². The zero-order valence-corrected chi connectivity index (χ0v) is 15.1. The lowest BCUT2D eigenvalue weighted by Crippen LogP contribution is -2.35. The van der Waals surface area contributed by atoms with E-state index in [-0.39, 0.29) is 0 Å². The first kappa shape index (κ1) is 16.6. The lowest BCUT2D eigenvalue weighted by molar-refractivity contribution is 0.687. The number of halogens is 2. The highest BCUT2D eigenvalue weighted by Gasteiger charge is 2.23. The Labute approximate surface area is 154 Å². The van der Waals surface area contributed by atoms with Gasteiger partial charge in [0, 0.05) is 28.0 Å². The van der Waals surface area contributed by atoms with Crippen LogP contribution in [0.4, 0.5) is 11.4 Å². The maximum absolute atomic E-state index is 6.01. The Balaban J connectivity index is 1.77. The number of nitrogens with one attached hydrogen (secondary N) is 1. The number of hydrogen-bond acceptors (Lipinski definition) is 3. The van der Waals surface area contributed by atoms with E-state index in [1.807, 2.05) is 53.4 Å². The van der Waals surface area contributed by atoms with Crippen LogP contribution in [0.25, 0.3) is 0 Å². The van der Waals surface area contributed by atoms with Crippen LogP contribution in [0.3, 0.4) is 0 Å². The predicted molar refractivity (Wildman–Crippen MR) is 105 cm³/mol. The van der Waals surface area contributed by atoms with Gasteiger partial charge in [-0.3, -0.25) is 4.90 Å². The zero-order chi connectivity index (χ0) is 16.2. The number of aliphatic imine (C=N–C) groups is 1. The number of anilines is 1. The summed E-state index contributed by atoms with van der Waals surface area (Å²) in [7, 11) is 0. The molecule has 0 aromatic heterocycles. The molecule has 0 amide bonds. The normalized spacial score (nSPS) is 15.9. The molecule has 0 aliphatic carbocycles. The van der Waals surface area contributed by atoms with E-state index >= 15 is 0 Å². The molecule has 3 rings (SSSR count). The molecule has 23 heavy (non-hydrogen) atoms. The summed E-state index contributed by atoms with van der Waals surface area (Å²) in [4.78, 5) is 6.64. The van der Waals surface area contributed by atoms with Gasteiger partial charge in [-0.1, -0.05) is 47.1 Å². The minimum Gasteiger partial charge on any atom is -0.332 e. The smallest absolute Gasteiger partial charge is 0.179 e. The fourth-order valence-corrected chi connectivity index (χ4v) is 3.79. The number of thioether (sulfide) groups is 1. The van der Waals surface area contributed by atoms with Crippen LogP contribution < -0.4 is 5.32 Å². The Morgan fingerprint density at radius 1 is 1.13 bits per heavy atom. The first-order valence-electron chi connectivity index (χ1n) is 6.93. The molecule has 0 bridgehead atoms. The molecule has 1 fully saturated rings. The molecular weight excluding hydrogens is 369 g/mol. The summed E-state index contributed by atoms with van der Waals surface area (Å²) in [6.07, 6.45) is 0. The van der Waals surface area contributed by atoms with Crippen LogP contribution in [0, 0.1) is 0 Å². The minimum absolute atomic E-state index is 0.609. The Morgan fingerprint density at radius 2 is 1.87 bits per heavy atom. The molecule has 2 aromatic rings. The van der Waals surface area contributed by atoms with Crippen molar-refractivity contribution in [1.82, 2.24) is 4.90 Å². The number of thiocarbonyl (C=S) groups is 1. The summed E-state index contributed by atoms with van der Waals surface area (Å²) in [6.45, 7) is 0.816. The van der Waals surface area contributed by atoms with E-state index < -0.39 is 0 Å². The Bertz CT molecular complexity index is 764. The highest BCUT2D eigenvalue weighted by molar-refractivity contribution is 8.14. The van der Waals surface area contributed by atoms with Gasteiger partial charge < -0.3 is 5.32 Å². The summed E-state index contributed by atoms with van der Waals surface area (Å²) in [5.41, 5.74) is 1.68. The van der Waals surface area contributed by atoms with Crippen molar-refractivity contribution in [2.24, 2.45) is 4.99 Å². The fraction of sp³-hybridized carbons (Fsp3) is 0.125. The first-order valence-corrected chi connectivity index (χ1v) is 9.08. The van der Waals surface area contributed by atoms with Crippen LogP contribution in [0.15, 0.2) is 53.5 Å². The van der Waals surface area contributed by atoms with Gasteiger partial charge in [0.1, 0.15) is 0 Å². The SMILES string of the molecule is S=C(Nc1cccc(Cl)c1)N1CCSC1=Nc1cccc(Cl)c1. The number of benzene rings is 2. The van der Waals surface area contributed by atoms with Crippen LogP contribution in [0.2, 0.25) is 10.0 Å². The van der Waals surface area contributed by atoms with Crippen LogP contribution in [0.5, 0.6) is 0 Å². The molecule has 7 heteroatoms. The molecule has 0 spiro atoms. The van der Waals surface area contributed by atoms with Gasteiger partial charge in [-0.2, -0.15) is 0 Å². The highest BCUT2D eigenvalue weighted by Crippen LogP contribution is 2.25. The van der Waals surface area contributed by atoms with Gasteiger partial charge in [-0.05, 0) is 48.6 Å². The lowest BCUT2D eigenvalue weighted by atomic mass is 10.3. The van der Waals surface area contributed by atoms with Gasteiger partial charge in [0.25, 0.3) is 0 Å². The van der Waals surface area contributed by atoms with E-state index in [4.69, 9.17) is 35.4 Å². The molecule has 118 valence electrons. The number of hydrogen-bond donors (Lipinski definition) is 1. The molecule has 1 N–H and O–H groups in total. The molecule has 0 atom stereocenters. The zero-order valence-electron chi connectivity index (χ0n) is 12.0. The molecule has 0 unspecified atom stereocenters. The van der Waals surface area contributed by atoms with Crippen molar-refractivity contribution in [2.45, 2.75) is 0 Å². The summed E-state index contributed by atoms with van der Waals surface area (Å²) < 4.78 is 0. The van der Waals surface area contributed by atoms with E-state index in [2.05, 4.69) is 10.3 Å². The van der Waals surface area contributed by atoms with Gasteiger partial charge in [0.15, 0.2) is 10.3 Å². The number of nitrogens with zero attached hydrogens (tertiary/aromatic N) is 2. The summed E-state index contributed by atoms with van der Waals surface area (Å²) in [5, 5.41) is 6.02. The molecule has 1 saturated heterocycles. The Hall–Kier alpha value is -1.27. The molecule has 2 aromatic carbocycles. The number of rotatable bonds is 2. The Kier molecular flexibility index (Phi) is 5.43. The standard InChI is InChI=1S/C16H13Cl2N3S2/c17-11-3-1-5-13(9-11)19-15(22)21-7-8-23-16(21)20-14-6-2-4-12(18)10-14/h1-6,9-10H,7-8H2,(H,19,22). The van der Waals surface area contributed by atoms with Crippen molar-refractivity contribution in [3.05, 3.63) is 58.6 Å². The van der Waals surface area contributed by atoms with Gasteiger partial charge >= 0.3 is 0 Å². The minimum atomic E-state index is 0.609. The molecule has 1 aliphatic heterocycles. The van der Waals surface area contributed by atoms with Crippen molar-refractivity contribution >= 4 is 68.8 Å². The summed E-state index contributed by atoms with van der Waals surface area (Å²) >= 11 is 19.2. The number of amidine groups is 1. The van der Waals surface area contributed by atoms with E-state index in [1.165, 1.54) is 0 Å². The van der Waals surface area contributed by atoms with Crippen LogP contribution in [0.1, 0.15) is 0 Å². The second-order valence-electron chi connectivity index (χ2n) is 4.81. The van der Waals surface area contributed by atoms with E-state index in [0.29, 0.717) is 15.2 Å². The lowest BCUT2D eigenvalue weighted by Gasteiger charge is -2.20. The van der Waals surface area contributed by atoms with Crippen molar-refractivity contribution in [1.29, 1.82) is 0 Å². The summed E-state index contributed by atoms with van der Waals surface area (Å²) in [6, 6.07) is 14.9. The van der Waals surface area contributed by atoms with Crippen LogP contribution in [-0.4, -0.2) is 27.5 Å². The van der Waals surface area contributed by atoms with Crippen molar-refractivity contribution in [2.75, 3.05) is 17.6 Å². The third-order valence-electron chi connectivity index (χ3n) is 3.13. The van der Waals surface area contributed by atoms with Crippen molar-refractivity contribution in [3.8, 4) is 0 Å². The molecule has 0 saturated carbocycles. The van der Waals surface area contributed by atoms with Crippen molar-refractivity contribution < 1.29 is 0 Å². The molecule has 1 aliphatic rings. The molecule has 0 radical (unpaired) electrons. The van der Waals surface area contributed by atoms with Gasteiger partial charge in [0.2, 0.25) is 0 Å². The fourth-order valence-electron chi connectivity index (χ4n) is 2.10. The van der Waals surface area contributed by atoms with Gasteiger partial charge in [-0.25, -0.2) is 4.99 Å². The molecule has 3 nitrogen and oxygen atoms in total. The maximum Gasteiger partial charge on any atom is 0.179 e. The monoisotopic (exact) mass is 381 g/mol. The third kappa shape index (κ3) is 4.38. The molecular formula is C16H13Cl2N3S2. The second kappa shape index (κ2) is 7.53. The predicted octanol–water partition coefficient (Wildman–Crippen LogP) is 5.43. The Morgan fingerprint density at radius 3 is 2.61 bits per heavy atom. The average molecular weight is 382 g/mol. The van der Waals surface area contributed by atoms with Crippen LogP contribution >= 0.6 is 47.2 Å². The van der Waals surface area contributed by atoms with E-state index in [0.717, 1.165) is 28.8 Å². The van der Waals surface area contributed by atoms with Crippen LogP contribution in [-0.2, 0) is 0 Å². The molecule has 1 heterocycles. The van der Waals surface area contributed by atoms with Gasteiger partial charge in [-0.15, -0.1) is 0 Å². The highest BCUT2D eigenvalue weighted by atomic mass is 35.5. The summed E-state index contributed by atoms with van der Waals surface area (Å²) in [5.74, 6) is 0.941. The van der Waals surface area contributed by atoms with E-state index in [9.17, 15) is 0 Å². The largest absolute Gasteiger partial charge is 0.332 e. The van der Waals surface area contributed by atoms with Gasteiger partial charge in [0.05, 0.1) is 5.69 Å². The second-order valence-corrected chi connectivity index (χ2v) is 7.14. The maximum atomic E-state index is 6.01. The average Bonchev–Trinajstić information content (AvgIpc) is 2.95. The third-order valence-corrected chi connectivity index (χ3v) is 4.88. The first-order chi connectivity index (χ1) is 11.1. The quantitative estimate of drug-likeness (QED) is 0.702.